The first kappa shape index (κ1) is 28.7. The van der Waals surface area contributed by atoms with Crippen molar-refractivity contribution in [3.8, 4) is 0 Å². The molecule has 0 heterocycles. The Bertz CT molecular complexity index is 592. The second kappa shape index (κ2) is 18.1. The van der Waals surface area contributed by atoms with Gasteiger partial charge in [-0.2, -0.15) is 0 Å². The van der Waals surface area contributed by atoms with Crippen molar-refractivity contribution in [1.29, 1.82) is 0 Å². The topological polar surface area (TPSA) is 3.24 Å². The molecule has 182 valence electrons. The largest absolute Gasteiger partial charge is 0.305 e. The van der Waals surface area contributed by atoms with Crippen LogP contribution in [0.2, 0.25) is 0 Å². The molecule has 0 atom stereocenters. The molecule has 1 nitrogen and oxygen atoms in total. The molecule has 32 heavy (non-hydrogen) atoms. The van der Waals surface area contributed by atoms with Crippen LogP contribution in [0.3, 0.4) is 0 Å². The number of nitrogens with zero attached hydrogens (tertiary/aromatic N) is 1. The standard InChI is InChI=1S/C31H53N/c1-7-9-11-13-15-17-27(3)19-21-29-23-30(25-31(24-29)26-32(5)6)22-20-28(4)18-16-14-12-10-8-2/h23-25H,3-4,7-22,26H2,1-2,5-6H3. The molecule has 0 bridgehead atoms. The maximum Gasteiger partial charge on any atom is 0.0227 e. The molecule has 0 spiro atoms. The molecule has 0 aliphatic rings. The van der Waals surface area contributed by atoms with Crippen molar-refractivity contribution >= 4 is 0 Å². The lowest BCUT2D eigenvalue weighted by Gasteiger charge is -2.15. The minimum atomic E-state index is 1.01. The number of allylic oxidation sites excluding steroid dienone is 2. The Kier molecular flexibility index (Phi) is 16.3. The Balaban J connectivity index is 2.54. The average Bonchev–Trinajstić information content (AvgIpc) is 2.75. The first-order valence-electron chi connectivity index (χ1n) is 13.5. The average molecular weight is 440 g/mol. The maximum atomic E-state index is 4.37. The summed E-state index contributed by atoms with van der Waals surface area (Å²) in [6.07, 6.45) is 20.4. The van der Waals surface area contributed by atoms with E-state index in [0.29, 0.717) is 0 Å². The molecular weight excluding hydrogens is 386 g/mol. The summed E-state index contributed by atoms with van der Waals surface area (Å²) in [5.74, 6) is 0. The SMILES string of the molecule is C=C(CCCCCCC)CCc1cc(CCC(=C)CCCCCCC)cc(CN(C)C)c1. The molecule has 0 aromatic heterocycles. The number of aryl methyl sites for hydroxylation is 2. The molecule has 1 aromatic carbocycles. The van der Waals surface area contributed by atoms with E-state index >= 15 is 0 Å². The first-order valence-corrected chi connectivity index (χ1v) is 13.5. The highest BCUT2D eigenvalue weighted by Gasteiger charge is 2.06. The van der Waals surface area contributed by atoms with E-state index in [9.17, 15) is 0 Å². The van der Waals surface area contributed by atoms with Gasteiger partial charge in [-0.1, -0.05) is 108 Å². The van der Waals surface area contributed by atoms with Crippen LogP contribution in [0.5, 0.6) is 0 Å². The minimum Gasteiger partial charge on any atom is -0.305 e. The summed E-state index contributed by atoms with van der Waals surface area (Å²) in [5.41, 5.74) is 7.27. The number of benzene rings is 1. The third kappa shape index (κ3) is 14.7. The zero-order valence-electron chi connectivity index (χ0n) is 22.1. The summed E-state index contributed by atoms with van der Waals surface area (Å²) in [7, 11) is 4.32. The Morgan fingerprint density at radius 3 is 1.41 bits per heavy atom. The van der Waals surface area contributed by atoms with Gasteiger partial charge in [0.2, 0.25) is 0 Å². The van der Waals surface area contributed by atoms with Crippen molar-refractivity contribution in [2.45, 2.75) is 123 Å². The van der Waals surface area contributed by atoms with Gasteiger partial charge in [0.15, 0.2) is 0 Å². The summed E-state index contributed by atoms with van der Waals surface area (Å²) in [6.45, 7) is 14.3. The fourth-order valence-electron chi connectivity index (χ4n) is 4.43. The van der Waals surface area contributed by atoms with Gasteiger partial charge in [-0.05, 0) is 82.2 Å². The van der Waals surface area contributed by atoms with Crippen LogP contribution in [0.1, 0.15) is 120 Å². The molecule has 1 heteroatoms. The van der Waals surface area contributed by atoms with Crippen LogP contribution in [0.25, 0.3) is 0 Å². The highest BCUT2D eigenvalue weighted by molar-refractivity contribution is 5.31. The molecule has 0 radical (unpaired) electrons. The second-order valence-corrected chi connectivity index (χ2v) is 10.2. The van der Waals surface area contributed by atoms with E-state index in [1.165, 1.54) is 105 Å². The summed E-state index contributed by atoms with van der Waals surface area (Å²) in [4.78, 5) is 2.27. The van der Waals surface area contributed by atoms with Crippen molar-refractivity contribution in [3.63, 3.8) is 0 Å². The normalized spacial score (nSPS) is 11.3. The van der Waals surface area contributed by atoms with Gasteiger partial charge in [0.05, 0.1) is 0 Å². The van der Waals surface area contributed by atoms with Crippen molar-refractivity contribution in [2.24, 2.45) is 0 Å². The van der Waals surface area contributed by atoms with Crippen LogP contribution in [0.15, 0.2) is 42.5 Å². The summed E-state index contributed by atoms with van der Waals surface area (Å²) >= 11 is 0. The van der Waals surface area contributed by atoms with Crippen LogP contribution in [-0.4, -0.2) is 19.0 Å². The van der Waals surface area contributed by atoms with E-state index in [4.69, 9.17) is 0 Å². The van der Waals surface area contributed by atoms with Gasteiger partial charge in [-0.25, -0.2) is 0 Å². The Labute approximate surface area is 201 Å². The van der Waals surface area contributed by atoms with Crippen molar-refractivity contribution < 1.29 is 0 Å². The number of hydrogen-bond donors (Lipinski definition) is 0. The molecule has 0 aliphatic heterocycles. The van der Waals surface area contributed by atoms with Gasteiger partial charge in [0.25, 0.3) is 0 Å². The van der Waals surface area contributed by atoms with Crippen molar-refractivity contribution in [2.75, 3.05) is 14.1 Å². The highest BCUT2D eigenvalue weighted by atomic mass is 15.0. The monoisotopic (exact) mass is 439 g/mol. The van der Waals surface area contributed by atoms with Gasteiger partial charge in [-0.3, -0.25) is 0 Å². The number of hydrogen-bond acceptors (Lipinski definition) is 1. The van der Waals surface area contributed by atoms with Gasteiger partial charge in [0.1, 0.15) is 0 Å². The third-order valence-electron chi connectivity index (χ3n) is 6.41. The maximum absolute atomic E-state index is 4.37. The molecule has 0 fully saturated rings. The van der Waals surface area contributed by atoms with Crippen molar-refractivity contribution in [1.82, 2.24) is 4.90 Å². The van der Waals surface area contributed by atoms with E-state index in [-0.39, 0.29) is 0 Å². The molecule has 1 aromatic rings. The minimum absolute atomic E-state index is 1.01. The lowest BCUT2D eigenvalue weighted by atomic mass is 9.95. The quantitative estimate of drug-likeness (QED) is 0.144. The van der Waals surface area contributed by atoms with Crippen LogP contribution in [0.4, 0.5) is 0 Å². The zero-order chi connectivity index (χ0) is 23.6. The van der Waals surface area contributed by atoms with Gasteiger partial charge >= 0.3 is 0 Å². The van der Waals surface area contributed by atoms with Crippen LogP contribution >= 0.6 is 0 Å². The van der Waals surface area contributed by atoms with Gasteiger partial charge in [-0.15, -0.1) is 0 Å². The van der Waals surface area contributed by atoms with Crippen LogP contribution < -0.4 is 0 Å². The lowest BCUT2D eigenvalue weighted by Crippen LogP contribution is -2.11. The van der Waals surface area contributed by atoms with E-state index in [0.717, 1.165) is 32.2 Å². The van der Waals surface area contributed by atoms with E-state index in [1.807, 2.05) is 0 Å². The molecule has 0 aliphatic carbocycles. The van der Waals surface area contributed by atoms with Gasteiger partial charge < -0.3 is 4.90 Å². The molecule has 0 amide bonds. The molecule has 0 saturated carbocycles. The lowest BCUT2D eigenvalue weighted by molar-refractivity contribution is 0.402. The molecule has 0 saturated heterocycles. The Morgan fingerprint density at radius 2 is 1.00 bits per heavy atom. The molecule has 1 rings (SSSR count). The number of unbranched alkanes of at least 4 members (excludes halogenated alkanes) is 8. The van der Waals surface area contributed by atoms with E-state index < -0.39 is 0 Å². The first-order chi connectivity index (χ1) is 15.4. The summed E-state index contributed by atoms with van der Waals surface area (Å²) < 4.78 is 0. The summed E-state index contributed by atoms with van der Waals surface area (Å²) in [5, 5.41) is 0. The van der Waals surface area contributed by atoms with Crippen molar-refractivity contribution in [3.05, 3.63) is 59.2 Å². The second-order valence-electron chi connectivity index (χ2n) is 10.2. The Hall–Kier alpha value is -1.34. The highest BCUT2D eigenvalue weighted by Crippen LogP contribution is 2.21. The van der Waals surface area contributed by atoms with Gasteiger partial charge in [0, 0.05) is 6.54 Å². The molecule has 0 N–H and O–H groups in total. The predicted octanol–water partition coefficient (Wildman–Crippen LogP) is 9.45. The smallest absolute Gasteiger partial charge is 0.0227 e. The van der Waals surface area contributed by atoms with E-state index in [2.05, 4.69) is 64.2 Å². The number of rotatable bonds is 20. The Morgan fingerprint density at radius 1 is 0.594 bits per heavy atom. The predicted molar refractivity (Wildman–Crippen MR) is 146 cm³/mol. The summed E-state index contributed by atoms with van der Waals surface area (Å²) in [6, 6.07) is 7.28. The fraction of sp³-hybridized carbons (Fsp3) is 0.677. The molecular formula is C31H53N. The molecule has 0 unspecified atom stereocenters. The van der Waals surface area contributed by atoms with E-state index in [1.54, 1.807) is 0 Å². The van der Waals surface area contributed by atoms with Crippen LogP contribution in [-0.2, 0) is 19.4 Å². The zero-order valence-corrected chi connectivity index (χ0v) is 22.1. The fourth-order valence-corrected chi connectivity index (χ4v) is 4.43. The van der Waals surface area contributed by atoms with Crippen LogP contribution in [0, 0.1) is 0 Å². The third-order valence-corrected chi connectivity index (χ3v) is 6.41.